The monoisotopic (exact) mass is 594 g/mol. The standard InChI is InChI=1S/C27H19Cl2F3N2O4S/c28-19-12-14-25(38-20-7-3-1-4-8-20)23(16-19)33-26(35)17-34(39(36,37)21-9-5-2-6-10-21)24-15-18(27(30,31)32)11-13-22(24)29/h1-16H,17H2,(H,33,35). The van der Waals surface area contributed by atoms with Crippen LogP contribution in [0.5, 0.6) is 11.5 Å². The van der Waals surface area contributed by atoms with Crippen molar-refractivity contribution in [2.75, 3.05) is 16.2 Å². The number of hydrogen-bond donors (Lipinski definition) is 1. The van der Waals surface area contributed by atoms with Gasteiger partial charge in [0.15, 0.2) is 5.75 Å². The second-order valence-electron chi connectivity index (χ2n) is 8.09. The minimum Gasteiger partial charge on any atom is -0.455 e. The lowest BCUT2D eigenvalue weighted by molar-refractivity contribution is -0.137. The van der Waals surface area contributed by atoms with E-state index in [1.807, 2.05) is 0 Å². The molecule has 0 unspecified atom stereocenters. The molecular weight excluding hydrogens is 576 g/mol. The molecule has 0 fully saturated rings. The molecule has 6 nitrogen and oxygen atoms in total. The summed E-state index contributed by atoms with van der Waals surface area (Å²) in [4.78, 5) is 13.0. The number of halogens is 5. The maximum absolute atomic E-state index is 13.6. The molecule has 0 aliphatic carbocycles. The van der Waals surface area contributed by atoms with Crippen LogP contribution in [-0.4, -0.2) is 20.9 Å². The molecule has 0 aromatic heterocycles. The highest BCUT2D eigenvalue weighted by Crippen LogP contribution is 2.38. The Balaban J connectivity index is 1.72. The normalized spacial score (nSPS) is 11.6. The zero-order valence-corrected chi connectivity index (χ0v) is 22.2. The number of para-hydroxylation sites is 1. The predicted molar refractivity (Wildman–Crippen MR) is 144 cm³/mol. The second-order valence-corrected chi connectivity index (χ2v) is 10.8. The molecule has 0 aliphatic heterocycles. The summed E-state index contributed by atoms with van der Waals surface area (Å²) in [7, 11) is -4.53. The topological polar surface area (TPSA) is 75.7 Å². The summed E-state index contributed by atoms with van der Waals surface area (Å²) in [5.74, 6) is -0.226. The Labute approximate surface area is 232 Å². The molecule has 0 aliphatic rings. The Bertz CT molecular complexity index is 1590. The van der Waals surface area contributed by atoms with Gasteiger partial charge in [0.2, 0.25) is 5.91 Å². The molecule has 4 rings (SSSR count). The van der Waals surface area contributed by atoms with Crippen molar-refractivity contribution >= 4 is 50.5 Å². The maximum Gasteiger partial charge on any atom is 0.416 e. The van der Waals surface area contributed by atoms with Crippen molar-refractivity contribution in [3.05, 3.63) is 113 Å². The van der Waals surface area contributed by atoms with E-state index in [4.69, 9.17) is 27.9 Å². The Morgan fingerprint density at radius 2 is 1.51 bits per heavy atom. The average Bonchev–Trinajstić information content (AvgIpc) is 2.90. The smallest absolute Gasteiger partial charge is 0.416 e. The fourth-order valence-electron chi connectivity index (χ4n) is 3.52. The van der Waals surface area contributed by atoms with Gasteiger partial charge in [-0.25, -0.2) is 8.42 Å². The number of anilines is 2. The fraction of sp³-hybridized carbons (Fsp3) is 0.0741. The molecule has 12 heteroatoms. The quantitative estimate of drug-likeness (QED) is 0.227. The number of carbonyl (C=O) groups excluding carboxylic acids is 1. The van der Waals surface area contributed by atoms with Crippen LogP contribution in [0, 0.1) is 0 Å². The van der Waals surface area contributed by atoms with Crippen molar-refractivity contribution in [3.63, 3.8) is 0 Å². The van der Waals surface area contributed by atoms with Crippen LogP contribution in [0.1, 0.15) is 5.56 Å². The lowest BCUT2D eigenvalue weighted by Gasteiger charge is -2.26. The Hall–Kier alpha value is -3.73. The fourth-order valence-corrected chi connectivity index (χ4v) is 5.42. The van der Waals surface area contributed by atoms with Gasteiger partial charge in [-0.15, -0.1) is 0 Å². The molecule has 0 spiro atoms. The molecule has 0 heterocycles. The minimum atomic E-state index is -4.78. The number of ether oxygens (including phenoxy) is 1. The summed E-state index contributed by atoms with van der Waals surface area (Å²) in [6, 6.07) is 22.3. The Kier molecular flexibility index (Phi) is 8.39. The predicted octanol–water partition coefficient (Wildman–Crippen LogP) is 7.64. The first-order chi connectivity index (χ1) is 18.4. The van der Waals surface area contributed by atoms with Crippen LogP contribution >= 0.6 is 23.2 Å². The van der Waals surface area contributed by atoms with Gasteiger partial charge < -0.3 is 10.1 Å². The third-order valence-electron chi connectivity index (χ3n) is 5.35. The van der Waals surface area contributed by atoms with E-state index in [0.29, 0.717) is 16.1 Å². The molecule has 202 valence electrons. The highest BCUT2D eigenvalue weighted by Gasteiger charge is 2.34. The number of rotatable bonds is 8. The van der Waals surface area contributed by atoms with Gasteiger partial charge in [-0.05, 0) is 60.7 Å². The van der Waals surface area contributed by atoms with E-state index in [1.54, 1.807) is 36.4 Å². The number of amides is 1. The zero-order chi connectivity index (χ0) is 28.2. The van der Waals surface area contributed by atoms with Crippen molar-refractivity contribution in [2.45, 2.75) is 11.1 Å². The molecule has 4 aromatic carbocycles. The lowest BCUT2D eigenvalue weighted by Crippen LogP contribution is -2.38. The van der Waals surface area contributed by atoms with Crippen molar-refractivity contribution < 1.29 is 31.1 Å². The number of nitrogens with zero attached hydrogens (tertiary/aromatic N) is 1. The first kappa shape index (κ1) is 28.3. The van der Waals surface area contributed by atoms with Gasteiger partial charge in [0.05, 0.1) is 26.9 Å². The van der Waals surface area contributed by atoms with Gasteiger partial charge in [0.25, 0.3) is 10.0 Å². The average molecular weight is 595 g/mol. The molecule has 0 saturated heterocycles. The number of hydrogen-bond acceptors (Lipinski definition) is 4. The Morgan fingerprint density at radius 3 is 2.15 bits per heavy atom. The van der Waals surface area contributed by atoms with E-state index < -0.39 is 39.9 Å². The van der Waals surface area contributed by atoms with Crippen molar-refractivity contribution in [2.24, 2.45) is 0 Å². The molecule has 0 bridgehead atoms. The van der Waals surface area contributed by atoms with Gasteiger partial charge in [0, 0.05) is 5.02 Å². The third kappa shape index (κ3) is 6.83. The number of alkyl halides is 3. The van der Waals surface area contributed by atoms with E-state index in [2.05, 4.69) is 5.32 Å². The number of benzene rings is 4. The highest BCUT2D eigenvalue weighted by atomic mass is 35.5. The molecule has 0 saturated carbocycles. The summed E-state index contributed by atoms with van der Waals surface area (Å²) in [6.45, 7) is -0.907. The highest BCUT2D eigenvalue weighted by molar-refractivity contribution is 7.92. The van der Waals surface area contributed by atoms with Crippen LogP contribution in [0.2, 0.25) is 10.0 Å². The number of carbonyl (C=O) groups is 1. The van der Waals surface area contributed by atoms with Crippen LogP contribution in [0.4, 0.5) is 24.5 Å². The number of nitrogens with one attached hydrogen (secondary N) is 1. The van der Waals surface area contributed by atoms with Crippen molar-refractivity contribution in [1.82, 2.24) is 0 Å². The Morgan fingerprint density at radius 1 is 0.872 bits per heavy atom. The SMILES string of the molecule is O=C(CN(c1cc(C(F)(F)F)ccc1Cl)S(=O)(=O)c1ccccc1)Nc1cc(Cl)ccc1Oc1ccccc1. The van der Waals surface area contributed by atoms with Gasteiger partial charge in [-0.1, -0.05) is 59.6 Å². The molecule has 0 atom stereocenters. The number of sulfonamides is 1. The summed E-state index contributed by atoms with van der Waals surface area (Å²) in [6.07, 6.45) is -4.78. The van der Waals surface area contributed by atoms with Gasteiger partial charge in [-0.3, -0.25) is 9.10 Å². The largest absolute Gasteiger partial charge is 0.455 e. The van der Waals surface area contributed by atoms with Crippen LogP contribution in [-0.2, 0) is 21.0 Å². The van der Waals surface area contributed by atoms with Crippen LogP contribution in [0.25, 0.3) is 0 Å². The summed E-state index contributed by atoms with van der Waals surface area (Å²) < 4.78 is 73.9. The van der Waals surface area contributed by atoms with E-state index >= 15 is 0 Å². The molecule has 0 radical (unpaired) electrons. The minimum absolute atomic E-state index is 0.114. The van der Waals surface area contributed by atoms with E-state index in [-0.39, 0.29) is 26.4 Å². The third-order valence-corrected chi connectivity index (χ3v) is 7.68. The van der Waals surface area contributed by atoms with Gasteiger partial charge >= 0.3 is 6.18 Å². The molecule has 39 heavy (non-hydrogen) atoms. The summed E-state index contributed by atoms with van der Waals surface area (Å²) >= 11 is 12.3. The van der Waals surface area contributed by atoms with E-state index in [9.17, 15) is 26.4 Å². The van der Waals surface area contributed by atoms with Crippen LogP contribution < -0.4 is 14.4 Å². The van der Waals surface area contributed by atoms with Gasteiger partial charge in [0.1, 0.15) is 12.3 Å². The molecular formula is C27H19Cl2F3N2O4S. The summed E-state index contributed by atoms with van der Waals surface area (Å²) in [5, 5.41) is 2.49. The zero-order valence-electron chi connectivity index (χ0n) is 19.8. The first-order valence-corrected chi connectivity index (χ1v) is 13.4. The van der Waals surface area contributed by atoms with Gasteiger partial charge in [-0.2, -0.15) is 13.2 Å². The summed E-state index contributed by atoms with van der Waals surface area (Å²) in [5.41, 5.74) is -1.54. The van der Waals surface area contributed by atoms with Crippen molar-refractivity contribution in [1.29, 1.82) is 0 Å². The van der Waals surface area contributed by atoms with Crippen LogP contribution in [0.15, 0.2) is 102 Å². The van der Waals surface area contributed by atoms with E-state index in [0.717, 1.165) is 12.1 Å². The lowest BCUT2D eigenvalue weighted by atomic mass is 10.2. The molecule has 4 aromatic rings. The van der Waals surface area contributed by atoms with E-state index in [1.165, 1.54) is 42.5 Å². The maximum atomic E-state index is 13.6. The van der Waals surface area contributed by atoms with Crippen LogP contribution in [0.3, 0.4) is 0 Å². The van der Waals surface area contributed by atoms with Crippen molar-refractivity contribution in [3.8, 4) is 11.5 Å². The molecule has 1 N–H and O–H groups in total. The second kappa shape index (κ2) is 11.6. The first-order valence-electron chi connectivity index (χ1n) is 11.2. The molecule has 1 amide bonds.